The van der Waals surface area contributed by atoms with E-state index >= 15 is 0 Å². The van der Waals surface area contributed by atoms with Crippen LogP contribution in [0, 0.1) is 0 Å². The summed E-state index contributed by atoms with van der Waals surface area (Å²) in [4.78, 5) is 21.8. The average Bonchev–Trinajstić information content (AvgIpc) is 2.20. The number of rotatable bonds is 6. The number of carbonyl (C=O) groups is 2. The van der Waals surface area contributed by atoms with Crippen LogP contribution in [0.5, 0.6) is 0 Å². The van der Waals surface area contributed by atoms with Crippen LogP contribution in [-0.4, -0.2) is 38.0 Å². The largest absolute Gasteiger partial charge is 0.351 e. The Morgan fingerprint density at radius 2 is 1.29 bits per heavy atom. The summed E-state index contributed by atoms with van der Waals surface area (Å²) < 4.78 is 0. The Labute approximate surface area is 82.7 Å². The van der Waals surface area contributed by atoms with Crippen LogP contribution in [0.15, 0.2) is 12.2 Å². The van der Waals surface area contributed by atoms with Crippen molar-refractivity contribution in [1.29, 1.82) is 0 Å². The Kier molecular flexibility index (Phi) is 7.39. The van der Waals surface area contributed by atoms with E-state index in [2.05, 4.69) is 10.6 Å². The van der Waals surface area contributed by atoms with E-state index < -0.39 is 0 Å². The van der Waals surface area contributed by atoms with E-state index in [0.717, 1.165) is 12.2 Å². The summed E-state index contributed by atoms with van der Waals surface area (Å²) in [5.41, 5.74) is 10.3. The minimum absolute atomic E-state index is 0.335. The average molecular weight is 200 g/mol. The Morgan fingerprint density at radius 1 is 0.929 bits per heavy atom. The van der Waals surface area contributed by atoms with Gasteiger partial charge in [-0.05, 0) is 0 Å². The van der Waals surface area contributed by atoms with Gasteiger partial charge in [0.1, 0.15) is 0 Å². The number of nitrogens with one attached hydrogen (secondary N) is 2. The monoisotopic (exact) mass is 200 g/mol. The molecule has 0 aromatic carbocycles. The van der Waals surface area contributed by atoms with Gasteiger partial charge in [0.25, 0.3) is 0 Å². The fourth-order valence-corrected chi connectivity index (χ4v) is 0.660. The summed E-state index contributed by atoms with van der Waals surface area (Å²) in [7, 11) is 0. The fourth-order valence-electron chi connectivity index (χ4n) is 0.660. The van der Waals surface area contributed by atoms with E-state index in [-0.39, 0.29) is 11.8 Å². The molecular weight excluding hydrogens is 184 g/mol. The number of carbonyl (C=O) groups excluding carboxylic acids is 2. The van der Waals surface area contributed by atoms with Gasteiger partial charge in [-0.25, -0.2) is 0 Å². The van der Waals surface area contributed by atoms with Gasteiger partial charge in [0.2, 0.25) is 11.8 Å². The van der Waals surface area contributed by atoms with Crippen LogP contribution in [0.25, 0.3) is 0 Å². The zero-order valence-corrected chi connectivity index (χ0v) is 7.95. The third-order valence-corrected chi connectivity index (χ3v) is 1.27. The van der Waals surface area contributed by atoms with Crippen molar-refractivity contribution in [3.05, 3.63) is 12.2 Å². The normalized spacial score (nSPS) is 10.1. The molecule has 0 radical (unpaired) electrons. The summed E-state index contributed by atoms with van der Waals surface area (Å²) in [6.45, 7) is 1.54. The molecular formula is C8H16N4O2. The molecule has 0 aliphatic heterocycles. The van der Waals surface area contributed by atoms with Gasteiger partial charge in [-0.1, -0.05) is 0 Å². The molecule has 6 nitrogen and oxygen atoms in total. The van der Waals surface area contributed by atoms with Crippen molar-refractivity contribution < 1.29 is 9.59 Å². The molecule has 6 N–H and O–H groups in total. The van der Waals surface area contributed by atoms with Crippen LogP contribution >= 0.6 is 0 Å². The van der Waals surface area contributed by atoms with E-state index in [9.17, 15) is 9.59 Å². The maximum absolute atomic E-state index is 10.9. The smallest absolute Gasteiger partial charge is 0.244 e. The van der Waals surface area contributed by atoms with Crippen molar-refractivity contribution in [2.24, 2.45) is 11.5 Å². The van der Waals surface area contributed by atoms with E-state index in [1.54, 1.807) is 0 Å². The summed E-state index contributed by atoms with van der Waals surface area (Å²) in [5.74, 6) is -0.670. The molecule has 0 heterocycles. The Hall–Kier alpha value is -1.40. The summed E-state index contributed by atoms with van der Waals surface area (Å²) in [5, 5.41) is 4.98. The molecule has 14 heavy (non-hydrogen) atoms. The molecule has 0 aliphatic rings. The molecule has 0 atom stereocenters. The highest BCUT2D eigenvalue weighted by molar-refractivity contribution is 5.96. The molecule has 0 aromatic rings. The van der Waals surface area contributed by atoms with Gasteiger partial charge in [-0.2, -0.15) is 0 Å². The van der Waals surface area contributed by atoms with Gasteiger partial charge in [0.05, 0.1) is 0 Å². The lowest BCUT2D eigenvalue weighted by atomic mass is 10.4. The number of amides is 2. The first kappa shape index (κ1) is 12.6. The molecule has 0 bridgehead atoms. The predicted molar refractivity (Wildman–Crippen MR) is 53.3 cm³/mol. The maximum Gasteiger partial charge on any atom is 0.244 e. The van der Waals surface area contributed by atoms with E-state index in [0.29, 0.717) is 26.2 Å². The molecule has 0 spiro atoms. The highest BCUT2D eigenvalue weighted by atomic mass is 16.2. The third-order valence-electron chi connectivity index (χ3n) is 1.27. The van der Waals surface area contributed by atoms with E-state index in [4.69, 9.17) is 11.5 Å². The standard InChI is InChI=1S/C8H16N4O2/c9-3-5-11-7(13)1-2-8(14)12-6-4-10/h1-2H,3-6,9-10H2,(H,11,13)(H,12,14)/b2-1-. The van der Waals surface area contributed by atoms with Crippen LogP contribution in [-0.2, 0) is 9.59 Å². The molecule has 0 unspecified atom stereocenters. The first-order chi connectivity index (χ1) is 6.70. The fraction of sp³-hybridized carbons (Fsp3) is 0.500. The molecule has 0 saturated carbocycles. The summed E-state index contributed by atoms with van der Waals surface area (Å²) in [6.07, 6.45) is 2.31. The second-order valence-electron chi connectivity index (χ2n) is 2.49. The lowest BCUT2D eigenvalue weighted by molar-refractivity contribution is -0.118. The molecule has 0 aromatic heterocycles. The van der Waals surface area contributed by atoms with Gasteiger partial charge in [-0.15, -0.1) is 0 Å². The number of hydrogen-bond donors (Lipinski definition) is 4. The molecule has 2 amide bonds. The van der Waals surface area contributed by atoms with Gasteiger partial charge in [-0.3, -0.25) is 9.59 Å². The van der Waals surface area contributed by atoms with Crippen molar-refractivity contribution in [1.82, 2.24) is 10.6 Å². The molecule has 0 fully saturated rings. The van der Waals surface area contributed by atoms with Crippen molar-refractivity contribution >= 4 is 11.8 Å². The molecule has 80 valence electrons. The highest BCUT2D eigenvalue weighted by Crippen LogP contribution is 1.74. The van der Waals surface area contributed by atoms with Crippen molar-refractivity contribution in [2.45, 2.75) is 0 Å². The lowest BCUT2D eigenvalue weighted by Crippen LogP contribution is -2.29. The SMILES string of the molecule is NCCNC(=O)/C=C\C(=O)NCCN. The molecule has 0 rings (SSSR count). The lowest BCUT2D eigenvalue weighted by Gasteiger charge is -1.98. The highest BCUT2D eigenvalue weighted by Gasteiger charge is 1.96. The van der Waals surface area contributed by atoms with Crippen LogP contribution in [0.4, 0.5) is 0 Å². The topological polar surface area (TPSA) is 110 Å². The second-order valence-corrected chi connectivity index (χ2v) is 2.49. The van der Waals surface area contributed by atoms with Crippen LogP contribution in [0.1, 0.15) is 0 Å². The van der Waals surface area contributed by atoms with Gasteiger partial charge < -0.3 is 22.1 Å². The third kappa shape index (κ3) is 7.26. The van der Waals surface area contributed by atoms with Crippen LogP contribution < -0.4 is 22.1 Å². The Balaban J connectivity index is 3.68. The Morgan fingerprint density at radius 3 is 1.57 bits per heavy atom. The molecule has 0 aliphatic carbocycles. The first-order valence-electron chi connectivity index (χ1n) is 4.34. The van der Waals surface area contributed by atoms with Crippen molar-refractivity contribution in [3.8, 4) is 0 Å². The minimum Gasteiger partial charge on any atom is -0.351 e. The van der Waals surface area contributed by atoms with Crippen LogP contribution in [0.3, 0.4) is 0 Å². The van der Waals surface area contributed by atoms with Gasteiger partial charge in [0, 0.05) is 38.3 Å². The minimum atomic E-state index is -0.335. The van der Waals surface area contributed by atoms with Crippen molar-refractivity contribution in [3.63, 3.8) is 0 Å². The van der Waals surface area contributed by atoms with E-state index in [1.165, 1.54) is 0 Å². The second kappa shape index (κ2) is 8.21. The summed E-state index contributed by atoms with van der Waals surface area (Å²) in [6, 6.07) is 0. The quantitative estimate of drug-likeness (QED) is 0.361. The van der Waals surface area contributed by atoms with Gasteiger partial charge >= 0.3 is 0 Å². The first-order valence-corrected chi connectivity index (χ1v) is 4.34. The number of hydrogen-bond acceptors (Lipinski definition) is 4. The van der Waals surface area contributed by atoms with Crippen LogP contribution in [0.2, 0.25) is 0 Å². The summed E-state index contributed by atoms with van der Waals surface area (Å²) >= 11 is 0. The predicted octanol–water partition coefficient (Wildman–Crippen LogP) is -2.31. The Bertz CT molecular complexity index is 193. The molecule has 6 heteroatoms. The zero-order valence-electron chi connectivity index (χ0n) is 7.95. The number of nitrogens with two attached hydrogens (primary N) is 2. The van der Waals surface area contributed by atoms with Gasteiger partial charge in [0.15, 0.2) is 0 Å². The maximum atomic E-state index is 10.9. The zero-order chi connectivity index (χ0) is 10.8. The van der Waals surface area contributed by atoms with E-state index in [1.807, 2.05) is 0 Å². The van der Waals surface area contributed by atoms with Crippen molar-refractivity contribution in [2.75, 3.05) is 26.2 Å². The molecule has 0 saturated heterocycles.